The van der Waals surface area contributed by atoms with Crippen molar-refractivity contribution in [3.8, 4) is 0 Å². The van der Waals surface area contributed by atoms with E-state index in [2.05, 4.69) is 30.5 Å². The van der Waals surface area contributed by atoms with Crippen LogP contribution in [0.2, 0.25) is 0 Å². The van der Waals surface area contributed by atoms with Crippen molar-refractivity contribution in [2.24, 2.45) is 0 Å². The smallest absolute Gasteiger partial charge is 0.204 e. The first-order valence-electron chi connectivity index (χ1n) is 11.1. The number of fused-ring (bicyclic) bond motifs is 1. The van der Waals surface area contributed by atoms with Gasteiger partial charge in [-0.15, -0.1) is 0 Å². The van der Waals surface area contributed by atoms with Crippen molar-refractivity contribution in [1.82, 2.24) is 9.13 Å². The normalized spacial score (nSPS) is 11.5. The average molecular weight is 374 g/mol. The summed E-state index contributed by atoms with van der Waals surface area (Å²) in [7, 11) is 0. The Bertz CT molecular complexity index is 701. The highest BCUT2D eigenvalue weighted by Crippen LogP contribution is 2.14. The van der Waals surface area contributed by atoms with Gasteiger partial charge in [-0.1, -0.05) is 83.8 Å². The number of nitrogens with one attached hydrogen (secondary N) is 1. The van der Waals surface area contributed by atoms with Crippen LogP contribution in [0.4, 0.5) is 0 Å². The molecule has 2 rings (SSSR count). The van der Waals surface area contributed by atoms with E-state index in [9.17, 15) is 0 Å². The van der Waals surface area contributed by atoms with Crippen molar-refractivity contribution in [3.05, 3.63) is 29.9 Å². The van der Waals surface area contributed by atoms with E-state index in [0.717, 1.165) is 37.0 Å². The monoisotopic (exact) mass is 373 g/mol. The highest BCUT2D eigenvalue weighted by atomic mass is 16.5. The molecule has 0 spiro atoms. The molecule has 1 N–H and O–H groups in total. The molecule has 4 heteroatoms. The molecule has 0 saturated carbocycles. The molecule has 152 valence electrons. The topological polar surface area (TPSA) is 42.9 Å². The maximum atomic E-state index is 8.48. The maximum absolute atomic E-state index is 8.48. The Morgan fingerprint density at radius 3 is 1.89 bits per heavy atom. The molecule has 0 radical (unpaired) electrons. The van der Waals surface area contributed by atoms with Gasteiger partial charge in [-0.25, -0.2) is 0 Å². The van der Waals surface area contributed by atoms with Gasteiger partial charge in [0.2, 0.25) is 5.62 Å². The first-order valence-corrected chi connectivity index (χ1v) is 11.1. The van der Waals surface area contributed by atoms with E-state index < -0.39 is 0 Å². The highest BCUT2D eigenvalue weighted by Gasteiger charge is 2.09. The van der Waals surface area contributed by atoms with Crippen LogP contribution in [0, 0.1) is 5.41 Å². The lowest BCUT2D eigenvalue weighted by Gasteiger charge is -2.07. The SMILES string of the molecule is CCCCCCCCCCCCOCn1c(=N)n(CCC)c2ccccc21. The van der Waals surface area contributed by atoms with Gasteiger partial charge in [0.05, 0.1) is 11.0 Å². The summed E-state index contributed by atoms with van der Waals surface area (Å²) in [6.45, 7) is 6.57. The molecule has 1 heterocycles. The van der Waals surface area contributed by atoms with Gasteiger partial charge in [-0.3, -0.25) is 9.98 Å². The molecule has 0 amide bonds. The lowest BCUT2D eigenvalue weighted by Crippen LogP contribution is -2.25. The third kappa shape index (κ3) is 6.84. The molecule has 0 bridgehead atoms. The fourth-order valence-electron chi connectivity index (χ4n) is 3.72. The number of ether oxygens (including phenoxy) is 1. The minimum absolute atomic E-state index is 0.480. The quantitative estimate of drug-likeness (QED) is 0.370. The van der Waals surface area contributed by atoms with E-state index in [-0.39, 0.29) is 0 Å². The van der Waals surface area contributed by atoms with Gasteiger partial charge in [0.1, 0.15) is 6.73 Å². The van der Waals surface area contributed by atoms with Crippen LogP contribution in [-0.4, -0.2) is 15.7 Å². The second kappa shape index (κ2) is 12.8. The van der Waals surface area contributed by atoms with E-state index in [4.69, 9.17) is 10.1 Å². The Labute approximate surface area is 165 Å². The summed E-state index contributed by atoms with van der Waals surface area (Å²) in [6, 6.07) is 8.27. The summed E-state index contributed by atoms with van der Waals surface area (Å²) in [5, 5.41) is 8.48. The van der Waals surface area contributed by atoms with Gasteiger partial charge < -0.3 is 9.30 Å². The number of nitrogens with zero attached hydrogens (tertiary/aromatic N) is 2. The fraction of sp³-hybridized carbons (Fsp3) is 0.696. The summed E-state index contributed by atoms with van der Waals surface area (Å²) in [5.41, 5.74) is 2.77. The van der Waals surface area contributed by atoms with Gasteiger partial charge in [-0.2, -0.15) is 0 Å². The van der Waals surface area contributed by atoms with Crippen LogP contribution in [-0.2, 0) is 18.0 Å². The molecular weight excluding hydrogens is 334 g/mol. The maximum Gasteiger partial charge on any atom is 0.204 e. The second-order valence-electron chi connectivity index (χ2n) is 7.61. The first kappa shape index (κ1) is 21.7. The predicted molar refractivity (Wildman–Crippen MR) is 114 cm³/mol. The Morgan fingerprint density at radius 1 is 0.741 bits per heavy atom. The standard InChI is InChI=1S/C23H39N3O/c1-3-5-6-7-8-9-10-11-12-15-19-27-20-26-22-17-14-13-16-21(22)25(18-4-2)23(26)24/h13-14,16-17,24H,3-12,15,18-20H2,1-2H3. The molecule has 0 atom stereocenters. The van der Waals surface area contributed by atoms with Crippen molar-refractivity contribution < 1.29 is 4.74 Å². The summed E-state index contributed by atoms with van der Waals surface area (Å²) in [5.74, 6) is 0. The third-order valence-electron chi connectivity index (χ3n) is 5.28. The third-order valence-corrected chi connectivity index (χ3v) is 5.28. The average Bonchev–Trinajstić information content (AvgIpc) is 2.95. The molecule has 4 nitrogen and oxygen atoms in total. The number of hydrogen-bond donors (Lipinski definition) is 1. The molecule has 0 unspecified atom stereocenters. The lowest BCUT2D eigenvalue weighted by atomic mass is 10.1. The zero-order chi connectivity index (χ0) is 19.3. The summed E-state index contributed by atoms with van der Waals surface area (Å²) >= 11 is 0. The summed E-state index contributed by atoms with van der Waals surface area (Å²) < 4.78 is 9.97. The van der Waals surface area contributed by atoms with Crippen LogP contribution >= 0.6 is 0 Å². The van der Waals surface area contributed by atoms with Crippen molar-refractivity contribution in [2.45, 2.75) is 97.8 Å². The number of rotatable bonds is 15. The molecule has 0 aliphatic rings. The lowest BCUT2D eigenvalue weighted by molar-refractivity contribution is 0.0729. The van der Waals surface area contributed by atoms with Gasteiger partial charge in [0.25, 0.3) is 0 Å². The summed E-state index contributed by atoms with van der Waals surface area (Å²) in [6.07, 6.45) is 14.4. The summed E-state index contributed by atoms with van der Waals surface area (Å²) in [4.78, 5) is 0. The fourth-order valence-corrected chi connectivity index (χ4v) is 3.72. The molecule has 2 aromatic rings. The largest absolute Gasteiger partial charge is 0.361 e. The Morgan fingerprint density at radius 2 is 1.30 bits per heavy atom. The van der Waals surface area contributed by atoms with Crippen molar-refractivity contribution in [1.29, 1.82) is 5.41 Å². The molecular formula is C23H39N3O. The Balaban J connectivity index is 1.65. The second-order valence-corrected chi connectivity index (χ2v) is 7.61. The number of aryl methyl sites for hydroxylation is 1. The number of para-hydroxylation sites is 2. The van der Waals surface area contributed by atoms with Crippen LogP contribution in [0.3, 0.4) is 0 Å². The Kier molecular flexibility index (Phi) is 10.3. The number of aromatic nitrogens is 2. The van der Waals surface area contributed by atoms with E-state index in [1.54, 1.807) is 0 Å². The molecule has 27 heavy (non-hydrogen) atoms. The molecule has 1 aromatic carbocycles. The number of hydrogen-bond acceptors (Lipinski definition) is 2. The zero-order valence-corrected chi connectivity index (χ0v) is 17.5. The highest BCUT2D eigenvalue weighted by molar-refractivity contribution is 5.75. The van der Waals surface area contributed by atoms with Crippen LogP contribution in [0.25, 0.3) is 11.0 Å². The number of imidazole rings is 1. The van der Waals surface area contributed by atoms with Gasteiger partial charge in [0, 0.05) is 13.2 Å². The van der Waals surface area contributed by atoms with Gasteiger partial charge in [0.15, 0.2) is 0 Å². The zero-order valence-electron chi connectivity index (χ0n) is 17.5. The van der Waals surface area contributed by atoms with E-state index >= 15 is 0 Å². The van der Waals surface area contributed by atoms with Gasteiger partial charge >= 0.3 is 0 Å². The predicted octanol–water partition coefficient (Wildman–Crippen LogP) is 6.23. The van der Waals surface area contributed by atoms with Crippen LogP contribution < -0.4 is 5.62 Å². The Hall–Kier alpha value is -1.55. The molecule has 0 aliphatic heterocycles. The molecule has 0 saturated heterocycles. The molecule has 0 fully saturated rings. The number of benzene rings is 1. The minimum atomic E-state index is 0.480. The van der Waals surface area contributed by atoms with E-state index in [1.165, 1.54) is 57.8 Å². The van der Waals surface area contributed by atoms with Crippen LogP contribution in [0.15, 0.2) is 24.3 Å². The number of unbranched alkanes of at least 4 members (excludes halogenated alkanes) is 9. The van der Waals surface area contributed by atoms with Crippen molar-refractivity contribution >= 4 is 11.0 Å². The first-order chi connectivity index (χ1) is 13.3. The van der Waals surface area contributed by atoms with Crippen molar-refractivity contribution in [3.63, 3.8) is 0 Å². The van der Waals surface area contributed by atoms with E-state index in [0.29, 0.717) is 12.3 Å². The van der Waals surface area contributed by atoms with E-state index in [1.807, 2.05) is 16.7 Å². The minimum Gasteiger partial charge on any atom is -0.361 e. The van der Waals surface area contributed by atoms with Crippen molar-refractivity contribution in [2.75, 3.05) is 6.61 Å². The van der Waals surface area contributed by atoms with Crippen LogP contribution in [0.1, 0.15) is 84.5 Å². The molecule has 1 aromatic heterocycles. The molecule has 0 aliphatic carbocycles. The van der Waals surface area contributed by atoms with Gasteiger partial charge in [-0.05, 0) is 25.0 Å². The van der Waals surface area contributed by atoms with Crippen LogP contribution in [0.5, 0.6) is 0 Å².